The third kappa shape index (κ3) is 3.48. The van der Waals surface area contributed by atoms with Crippen LogP contribution in [0.4, 0.5) is 5.95 Å². The summed E-state index contributed by atoms with van der Waals surface area (Å²) in [6, 6.07) is 15.5. The number of nitrogens with one attached hydrogen (secondary N) is 1. The van der Waals surface area contributed by atoms with E-state index in [1.807, 2.05) is 55.6 Å². The van der Waals surface area contributed by atoms with Crippen molar-refractivity contribution in [2.75, 3.05) is 11.5 Å². The molecule has 1 unspecified atom stereocenters. The Kier molecular flexibility index (Phi) is 5.22. The van der Waals surface area contributed by atoms with Crippen molar-refractivity contribution in [3.63, 3.8) is 0 Å². The zero-order valence-corrected chi connectivity index (χ0v) is 18.8. The number of rotatable bonds is 5. The number of carbonyl (C=O) groups is 2. The van der Waals surface area contributed by atoms with Crippen molar-refractivity contribution in [3.05, 3.63) is 81.6 Å². The van der Waals surface area contributed by atoms with Gasteiger partial charge in [-0.15, -0.1) is 11.3 Å². The minimum Gasteiger partial charge on any atom is -0.507 e. The molecule has 0 radical (unpaired) electrons. The molecule has 0 bridgehead atoms. The highest BCUT2D eigenvalue weighted by atomic mass is 32.1. The molecule has 166 valence electrons. The highest BCUT2D eigenvalue weighted by molar-refractivity contribution is 7.10. The van der Waals surface area contributed by atoms with E-state index in [1.165, 1.54) is 16.2 Å². The van der Waals surface area contributed by atoms with E-state index in [0.717, 1.165) is 16.0 Å². The molecule has 1 amide bonds. The maximum atomic E-state index is 13.2. The number of aryl methyl sites for hydroxylation is 1. The lowest BCUT2D eigenvalue weighted by Crippen LogP contribution is -2.30. The van der Waals surface area contributed by atoms with Gasteiger partial charge < -0.3 is 14.8 Å². The van der Waals surface area contributed by atoms with Crippen LogP contribution in [0.1, 0.15) is 29.0 Å². The first-order valence-corrected chi connectivity index (χ1v) is 11.4. The number of ketones is 1. The second kappa shape index (κ2) is 8.22. The number of imidazole rings is 1. The molecule has 2 aromatic heterocycles. The Morgan fingerprint density at radius 3 is 2.70 bits per heavy atom. The molecule has 1 fully saturated rings. The first kappa shape index (κ1) is 21.0. The van der Waals surface area contributed by atoms with E-state index in [2.05, 4.69) is 9.97 Å². The van der Waals surface area contributed by atoms with Crippen LogP contribution >= 0.6 is 11.3 Å². The fourth-order valence-corrected chi connectivity index (χ4v) is 4.91. The van der Waals surface area contributed by atoms with E-state index in [1.54, 1.807) is 18.2 Å². The summed E-state index contributed by atoms with van der Waals surface area (Å²) in [5.41, 5.74) is 2.73. The largest absolute Gasteiger partial charge is 0.507 e. The van der Waals surface area contributed by atoms with E-state index < -0.39 is 17.7 Å². The molecule has 0 saturated carbocycles. The highest BCUT2D eigenvalue weighted by Gasteiger charge is 2.48. The summed E-state index contributed by atoms with van der Waals surface area (Å²) in [5.74, 6) is -0.753. The van der Waals surface area contributed by atoms with Gasteiger partial charge >= 0.3 is 5.91 Å². The lowest BCUT2D eigenvalue weighted by Gasteiger charge is -2.21. The van der Waals surface area contributed by atoms with Gasteiger partial charge in [0.1, 0.15) is 17.6 Å². The van der Waals surface area contributed by atoms with Crippen LogP contribution in [0.15, 0.2) is 65.6 Å². The van der Waals surface area contributed by atoms with E-state index >= 15 is 0 Å². The number of aliphatic hydroxyl groups excluding tert-OH is 1. The van der Waals surface area contributed by atoms with Gasteiger partial charge in [0.05, 0.1) is 23.2 Å². The minimum absolute atomic E-state index is 0.0338. The van der Waals surface area contributed by atoms with Crippen LogP contribution in [0.2, 0.25) is 0 Å². The quantitative estimate of drug-likeness (QED) is 0.250. The fourth-order valence-electron chi connectivity index (χ4n) is 4.09. The summed E-state index contributed by atoms with van der Waals surface area (Å²) in [6.07, 6.45) is 0. The van der Waals surface area contributed by atoms with Crippen LogP contribution < -0.4 is 9.64 Å². The lowest BCUT2D eigenvalue weighted by molar-refractivity contribution is -0.132. The number of nitrogens with zero attached hydrogens (tertiary/aromatic N) is 2. The van der Waals surface area contributed by atoms with E-state index in [0.29, 0.717) is 23.4 Å². The van der Waals surface area contributed by atoms with Gasteiger partial charge in [-0.1, -0.05) is 18.2 Å². The number of hydrogen-bond acceptors (Lipinski definition) is 6. The number of benzene rings is 2. The Morgan fingerprint density at radius 1 is 1.18 bits per heavy atom. The van der Waals surface area contributed by atoms with Crippen LogP contribution in [0.25, 0.3) is 16.8 Å². The number of para-hydroxylation sites is 2. The van der Waals surface area contributed by atoms with Gasteiger partial charge in [-0.05, 0) is 61.2 Å². The first-order valence-electron chi connectivity index (χ1n) is 10.5. The molecule has 1 aliphatic heterocycles. The number of carbonyl (C=O) groups excluding carboxylic acids is 2. The van der Waals surface area contributed by atoms with Crippen molar-refractivity contribution < 1.29 is 19.4 Å². The van der Waals surface area contributed by atoms with Crippen molar-refractivity contribution >= 4 is 45.8 Å². The van der Waals surface area contributed by atoms with Crippen molar-refractivity contribution in [2.24, 2.45) is 0 Å². The second-order valence-corrected chi connectivity index (χ2v) is 8.65. The third-order valence-electron chi connectivity index (χ3n) is 5.61. The number of anilines is 1. The highest BCUT2D eigenvalue weighted by Crippen LogP contribution is 2.43. The molecule has 1 aliphatic rings. The molecule has 0 spiro atoms. The van der Waals surface area contributed by atoms with Gasteiger partial charge in [-0.25, -0.2) is 4.98 Å². The van der Waals surface area contributed by atoms with Crippen LogP contribution in [-0.2, 0) is 9.59 Å². The van der Waals surface area contributed by atoms with Gasteiger partial charge in [0.15, 0.2) is 0 Å². The SMILES string of the molecule is CCOc1ccc(/C(O)=C2\C(=O)C(=O)N(c3nc4ccccc4[nH]3)C2c2cccs2)cc1C. The van der Waals surface area contributed by atoms with Gasteiger partial charge in [0.25, 0.3) is 5.78 Å². The van der Waals surface area contributed by atoms with Crippen LogP contribution in [-0.4, -0.2) is 33.4 Å². The molecular weight excluding hydrogens is 438 g/mol. The Bertz CT molecular complexity index is 1370. The zero-order valence-electron chi connectivity index (χ0n) is 18.0. The molecule has 1 saturated heterocycles. The zero-order chi connectivity index (χ0) is 23.1. The topological polar surface area (TPSA) is 95.5 Å². The van der Waals surface area contributed by atoms with Gasteiger partial charge in [0, 0.05) is 10.4 Å². The van der Waals surface area contributed by atoms with E-state index in [4.69, 9.17) is 4.74 Å². The molecule has 2 N–H and O–H groups in total. The Balaban J connectivity index is 1.67. The molecule has 4 aromatic rings. The number of amides is 1. The molecule has 3 heterocycles. The van der Waals surface area contributed by atoms with Gasteiger partial charge in [0.2, 0.25) is 5.95 Å². The average molecular weight is 460 g/mol. The second-order valence-electron chi connectivity index (χ2n) is 7.68. The summed E-state index contributed by atoms with van der Waals surface area (Å²) in [6.45, 7) is 4.28. The average Bonchev–Trinajstić information content (AvgIpc) is 3.53. The molecular formula is C25H21N3O4S. The van der Waals surface area contributed by atoms with Crippen LogP contribution in [0.5, 0.6) is 5.75 Å². The van der Waals surface area contributed by atoms with Crippen LogP contribution in [0, 0.1) is 6.92 Å². The Morgan fingerprint density at radius 2 is 2.00 bits per heavy atom. The Hall–Kier alpha value is -3.91. The standard InChI is InChI=1S/C25H21N3O4S/c1-3-32-18-11-10-15(13-14(18)2)22(29)20-21(19-9-6-12-33-19)28(24(31)23(20)30)25-26-16-7-4-5-8-17(16)27-25/h4-13,21,29H,3H2,1-2H3,(H,26,27)/b22-20+. The summed E-state index contributed by atoms with van der Waals surface area (Å²) in [7, 11) is 0. The maximum Gasteiger partial charge on any atom is 0.302 e. The summed E-state index contributed by atoms with van der Waals surface area (Å²) in [5, 5.41) is 13.1. The minimum atomic E-state index is -0.794. The summed E-state index contributed by atoms with van der Waals surface area (Å²) >= 11 is 1.41. The number of thiophene rings is 1. The van der Waals surface area contributed by atoms with Crippen molar-refractivity contribution in [3.8, 4) is 5.75 Å². The number of aromatic amines is 1. The van der Waals surface area contributed by atoms with Gasteiger partial charge in [-0.2, -0.15) is 0 Å². The predicted molar refractivity (Wildman–Crippen MR) is 128 cm³/mol. The van der Waals surface area contributed by atoms with Crippen molar-refractivity contribution in [2.45, 2.75) is 19.9 Å². The molecule has 8 heteroatoms. The number of ether oxygens (including phenoxy) is 1. The summed E-state index contributed by atoms with van der Waals surface area (Å²) in [4.78, 5) is 36.2. The fraction of sp³-hybridized carbons (Fsp3) is 0.160. The monoisotopic (exact) mass is 459 g/mol. The number of Topliss-reactive ketones (excluding diaryl/α,β-unsaturated/α-hetero) is 1. The number of fused-ring (bicyclic) bond motifs is 1. The Labute approximate surface area is 194 Å². The van der Waals surface area contributed by atoms with E-state index in [9.17, 15) is 14.7 Å². The molecule has 0 aliphatic carbocycles. The number of hydrogen-bond donors (Lipinski definition) is 2. The van der Waals surface area contributed by atoms with E-state index in [-0.39, 0.29) is 17.3 Å². The van der Waals surface area contributed by atoms with Crippen molar-refractivity contribution in [1.82, 2.24) is 9.97 Å². The van der Waals surface area contributed by atoms with Crippen LogP contribution in [0.3, 0.4) is 0 Å². The summed E-state index contributed by atoms with van der Waals surface area (Å²) < 4.78 is 5.58. The molecule has 2 aromatic carbocycles. The molecule has 5 rings (SSSR count). The molecule has 33 heavy (non-hydrogen) atoms. The van der Waals surface area contributed by atoms with Gasteiger partial charge in [-0.3, -0.25) is 14.5 Å². The number of aliphatic hydroxyl groups is 1. The lowest BCUT2D eigenvalue weighted by atomic mass is 9.99. The number of aromatic nitrogens is 2. The predicted octanol–water partition coefficient (Wildman–Crippen LogP) is 4.96. The maximum absolute atomic E-state index is 13.2. The molecule has 1 atom stereocenters. The third-order valence-corrected chi connectivity index (χ3v) is 6.54. The normalized spacial score (nSPS) is 17.8. The van der Waals surface area contributed by atoms with Crippen molar-refractivity contribution in [1.29, 1.82) is 0 Å². The first-order chi connectivity index (χ1) is 16.0. The smallest absolute Gasteiger partial charge is 0.302 e. The number of H-pyrrole nitrogens is 1. The molecule has 7 nitrogen and oxygen atoms in total.